The van der Waals surface area contributed by atoms with Crippen molar-refractivity contribution in [1.29, 1.82) is 0 Å². The number of hydrogen-bond donors (Lipinski definition) is 1. The Morgan fingerprint density at radius 3 is 2.90 bits per heavy atom. The van der Waals surface area contributed by atoms with Crippen LogP contribution in [0.4, 0.5) is 5.69 Å². The van der Waals surface area contributed by atoms with Crippen LogP contribution in [0.3, 0.4) is 0 Å². The van der Waals surface area contributed by atoms with Crippen molar-refractivity contribution in [2.45, 2.75) is 12.8 Å². The van der Waals surface area contributed by atoms with Gasteiger partial charge in [-0.1, -0.05) is 16.8 Å². The lowest BCUT2D eigenvalue weighted by Gasteiger charge is -2.02. The van der Waals surface area contributed by atoms with E-state index >= 15 is 0 Å². The number of hydrogen-bond acceptors (Lipinski definition) is 5. The maximum Gasteiger partial charge on any atom is 0.303 e. The number of rotatable bonds is 5. The number of aliphatic carboxylic acids is 1. The zero-order valence-electron chi connectivity index (χ0n) is 10.1. The van der Waals surface area contributed by atoms with Gasteiger partial charge in [0.15, 0.2) is 0 Å². The highest BCUT2D eigenvalue weighted by Gasteiger charge is 2.17. The third-order valence-electron chi connectivity index (χ3n) is 2.52. The van der Waals surface area contributed by atoms with E-state index in [2.05, 4.69) is 10.3 Å². The fourth-order valence-electron chi connectivity index (χ4n) is 1.60. The highest BCUT2D eigenvalue weighted by Crippen LogP contribution is 2.25. The van der Waals surface area contributed by atoms with E-state index in [1.54, 1.807) is 0 Å². The highest BCUT2D eigenvalue weighted by molar-refractivity contribution is 6.30. The van der Waals surface area contributed by atoms with Gasteiger partial charge in [-0.15, -0.1) is 5.10 Å². The number of nitro groups is 1. The third-order valence-corrected chi connectivity index (χ3v) is 2.75. The van der Waals surface area contributed by atoms with Crippen LogP contribution in [0.25, 0.3) is 5.69 Å². The normalized spacial score (nSPS) is 10.4. The molecular weight excluding hydrogens is 288 g/mol. The van der Waals surface area contributed by atoms with Crippen molar-refractivity contribution >= 4 is 23.3 Å². The van der Waals surface area contributed by atoms with Gasteiger partial charge < -0.3 is 5.11 Å². The molecule has 2 aromatic rings. The summed E-state index contributed by atoms with van der Waals surface area (Å²) in [4.78, 5) is 20.9. The van der Waals surface area contributed by atoms with Gasteiger partial charge in [0.1, 0.15) is 5.69 Å². The summed E-state index contributed by atoms with van der Waals surface area (Å²) < 4.78 is 1.21. The molecule has 0 aliphatic rings. The molecule has 2 rings (SSSR count). The van der Waals surface area contributed by atoms with Crippen LogP contribution in [-0.4, -0.2) is 31.0 Å². The summed E-state index contributed by atoms with van der Waals surface area (Å²) in [5.74, 6) is -0.951. The molecule has 0 saturated carbocycles. The molecule has 0 aliphatic carbocycles. The Balaban J connectivity index is 2.34. The highest BCUT2D eigenvalue weighted by atomic mass is 35.5. The van der Waals surface area contributed by atoms with Crippen LogP contribution in [0, 0.1) is 10.1 Å². The number of nitro benzene ring substituents is 1. The fourth-order valence-corrected chi connectivity index (χ4v) is 1.77. The van der Waals surface area contributed by atoms with Gasteiger partial charge in [0.2, 0.25) is 0 Å². The van der Waals surface area contributed by atoms with Crippen molar-refractivity contribution in [3.63, 3.8) is 0 Å². The molecule has 0 fully saturated rings. The van der Waals surface area contributed by atoms with E-state index in [1.807, 2.05) is 0 Å². The van der Waals surface area contributed by atoms with E-state index in [0.717, 1.165) is 0 Å². The molecule has 104 valence electrons. The SMILES string of the molecule is O=C(O)CCc1cn(-c2cc(Cl)ccc2[N+](=O)[O-])nn1. The standard InChI is InChI=1S/C11H9ClN4O4/c12-7-1-3-9(16(19)20)10(5-7)15-6-8(13-14-15)2-4-11(17)18/h1,3,5-6H,2,4H2,(H,17,18). The van der Waals surface area contributed by atoms with Gasteiger partial charge in [-0.05, 0) is 12.1 Å². The minimum Gasteiger partial charge on any atom is -0.481 e. The number of aromatic nitrogens is 3. The molecule has 1 N–H and O–H groups in total. The number of aryl methyl sites for hydroxylation is 1. The molecule has 0 atom stereocenters. The molecule has 9 heteroatoms. The Kier molecular flexibility index (Phi) is 3.94. The van der Waals surface area contributed by atoms with Crippen molar-refractivity contribution in [2.75, 3.05) is 0 Å². The zero-order chi connectivity index (χ0) is 14.7. The maximum absolute atomic E-state index is 11.0. The molecule has 0 amide bonds. The predicted octanol–water partition coefficient (Wildman–Crippen LogP) is 1.85. The van der Waals surface area contributed by atoms with Crippen molar-refractivity contribution in [3.8, 4) is 5.69 Å². The second kappa shape index (κ2) is 5.66. The first-order valence-electron chi connectivity index (χ1n) is 5.54. The van der Waals surface area contributed by atoms with Gasteiger partial charge >= 0.3 is 5.97 Å². The smallest absolute Gasteiger partial charge is 0.303 e. The molecule has 0 unspecified atom stereocenters. The van der Waals surface area contributed by atoms with Crippen molar-refractivity contribution in [3.05, 3.63) is 45.2 Å². The van der Waals surface area contributed by atoms with Gasteiger partial charge in [-0.3, -0.25) is 14.9 Å². The lowest BCUT2D eigenvalue weighted by atomic mass is 10.2. The maximum atomic E-state index is 11.0. The van der Waals surface area contributed by atoms with Crippen molar-refractivity contribution < 1.29 is 14.8 Å². The van der Waals surface area contributed by atoms with Crippen LogP contribution in [0.2, 0.25) is 5.02 Å². The van der Waals surface area contributed by atoms with Crippen LogP contribution in [0.1, 0.15) is 12.1 Å². The monoisotopic (exact) mass is 296 g/mol. The van der Waals surface area contributed by atoms with Gasteiger partial charge in [-0.25, -0.2) is 4.68 Å². The molecule has 0 radical (unpaired) electrons. The molecule has 0 saturated heterocycles. The van der Waals surface area contributed by atoms with Crippen LogP contribution >= 0.6 is 11.6 Å². The predicted molar refractivity (Wildman–Crippen MR) is 69.0 cm³/mol. The average molecular weight is 297 g/mol. The Labute approximate surface area is 117 Å². The Bertz CT molecular complexity index is 670. The largest absolute Gasteiger partial charge is 0.481 e. The molecule has 0 spiro atoms. The van der Waals surface area contributed by atoms with Gasteiger partial charge in [-0.2, -0.15) is 0 Å². The summed E-state index contributed by atoms with van der Waals surface area (Å²) >= 11 is 5.82. The molecule has 1 heterocycles. The van der Waals surface area contributed by atoms with Crippen molar-refractivity contribution in [1.82, 2.24) is 15.0 Å². The summed E-state index contributed by atoms with van der Waals surface area (Å²) in [7, 11) is 0. The first-order valence-corrected chi connectivity index (χ1v) is 5.92. The Morgan fingerprint density at radius 1 is 1.50 bits per heavy atom. The van der Waals surface area contributed by atoms with Gasteiger partial charge in [0.05, 0.1) is 23.2 Å². The van der Waals surface area contributed by atoms with E-state index in [4.69, 9.17) is 16.7 Å². The van der Waals surface area contributed by atoms with E-state index in [9.17, 15) is 14.9 Å². The second-order valence-electron chi connectivity index (χ2n) is 3.94. The molecule has 1 aromatic heterocycles. The summed E-state index contributed by atoms with van der Waals surface area (Å²) in [6.07, 6.45) is 1.56. The quantitative estimate of drug-likeness (QED) is 0.665. The lowest BCUT2D eigenvalue weighted by molar-refractivity contribution is -0.384. The molecule has 1 aromatic carbocycles. The first kappa shape index (κ1) is 13.9. The number of halogens is 1. The van der Waals surface area contributed by atoms with Crippen LogP contribution < -0.4 is 0 Å². The zero-order valence-corrected chi connectivity index (χ0v) is 10.8. The number of carboxylic acid groups (broad SMARTS) is 1. The van der Waals surface area contributed by atoms with E-state index < -0.39 is 10.9 Å². The number of benzene rings is 1. The van der Waals surface area contributed by atoms with Gasteiger partial charge in [0, 0.05) is 17.5 Å². The van der Waals surface area contributed by atoms with E-state index in [1.165, 1.54) is 29.1 Å². The first-order chi connectivity index (χ1) is 9.47. The van der Waals surface area contributed by atoms with Crippen LogP contribution in [-0.2, 0) is 11.2 Å². The summed E-state index contributed by atoms with van der Waals surface area (Å²) in [6, 6.07) is 4.08. The number of nitrogens with zero attached hydrogens (tertiary/aromatic N) is 4. The number of carbonyl (C=O) groups is 1. The lowest BCUT2D eigenvalue weighted by Crippen LogP contribution is -2.01. The third kappa shape index (κ3) is 3.09. The topological polar surface area (TPSA) is 111 Å². The van der Waals surface area contributed by atoms with E-state index in [-0.39, 0.29) is 24.2 Å². The summed E-state index contributed by atoms with van der Waals surface area (Å²) in [5.41, 5.74) is 0.447. The molecule has 20 heavy (non-hydrogen) atoms. The Hall–Kier alpha value is -2.48. The van der Waals surface area contributed by atoms with E-state index in [0.29, 0.717) is 10.7 Å². The molecule has 0 aliphatic heterocycles. The van der Waals surface area contributed by atoms with Crippen LogP contribution in [0.15, 0.2) is 24.4 Å². The Morgan fingerprint density at radius 2 is 2.25 bits per heavy atom. The summed E-state index contributed by atoms with van der Waals surface area (Å²) in [5, 5.41) is 27.4. The number of carboxylic acids is 1. The second-order valence-corrected chi connectivity index (χ2v) is 4.37. The summed E-state index contributed by atoms with van der Waals surface area (Å²) in [6.45, 7) is 0. The molecule has 0 bridgehead atoms. The van der Waals surface area contributed by atoms with Crippen LogP contribution in [0.5, 0.6) is 0 Å². The molecular formula is C11H9ClN4O4. The van der Waals surface area contributed by atoms with Gasteiger partial charge in [0.25, 0.3) is 5.69 Å². The molecule has 8 nitrogen and oxygen atoms in total. The van der Waals surface area contributed by atoms with Crippen molar-refractivity contribution in [2.24, 2.45) is 0 Å². The minimum atomic E-state index is -0.951. The average Bonchev–Trinajstić information content (AvgIpc) is 2.84. The minimum absolute atomic E-state index is 0.0870. The fraction of sp³-hybridized carbons (Fsp3) is 0.182.